The Hall–Kier alpha value is -3.37. The van der Waals surface area contributed by atoms with Crippen LogP contribution in [-0.2, 0) is 21.0 Å². The van der Waals surface area contributed by atoms with Gasteiger partial charge in [0.1, 0.15) is 22.4 Å². The van der Waals surface area contributed by atoms with Gasteiger partial charge in [-0.3, -0.25) is 9.59 Å². The summed E-state index contributed by atoms with van der Waals surface area (Å²) in [5, 5.41) is 10.4. The predicted octanol–water partition coefficient (Wildman–Crippen LogP) is 11.2. The molecule has 3 aromatic rings. The fourth-order valence-corrected chi connectivity index (χ4v) is 11.0. The van der Waals surface area contributed by atoms with Gasteiger partial charge in [-0.1, -0.05) is 89.5 Å². The predicted molar refractivity (Wildman–Crippen MR) is 225 cm³/mol. The number of carbonyl (C=O) groups is 3. The van der Waals surface area contributed by atoms with E-state index in [9.17, 15) is 14.4 Å². The van der Waals surface area contributed by atoms with E-state index in [2.05, 4.69) is 42.2 Å². The number of nitrogens with zero attached hydrogens (tertiary/aromatic N) is 3. The number of Topliss-reactive ketones (excluding diaryl/α,β-unsaturated/α-hetero) is 2. The Kier molecular flexibility index (Phi) is 14.2. The molecule has 3 fully saturated rings. The van der Waals surface area contributed by atoms with Gasteiger partial charge in [-0.25, -0.2) is 4.79 Å². The van der Waals surface area contributed by atoms with Gasteiger partial charge < -0.3 is 14.2 Å². The minimum atomic E-state index is -0.360. The molecule has 0 bridgehead atoms. The van der Waals surface area contributed by atoms with Gasteiger partial charge in [0.2, 0.25) is 11.6 Å². The Labute approximate surface area is 329 Å². The number of benzene rings is 2. The third kappa shape index (κ3) is 9.35. The minimum Gasteiger partial charge on any atom is -0.361 e. The number of hydrogen-bond donors (Lipinski definition) is 0. The zero-order chi connectivity index (χ0) is 38.2. The first kappa shape index (κ1) is 40.3. The molecule has 0 amide bonds. The van der Waals surface area contributed by atoms with Crippen molar-refractivity contribution in [2.75, 3.05) is 11.5 Å². The van der Waals surface area contributed by atoms with Gasteiger partial charge in [0.15, 0.2) is 0 Å². The Morgan fingerprint density at radius 3 is 1.93 bits per heavy atom. The van der Waals surface area contributed by atoms with Crippen LogP contribution in [0.2, 0.25) is 0 Å². The van der Waals surface area contributed by atoms with Crippen LogP contribution in [0, 0.1) is 17.8 Å². The molecule has 290 valence electrons. The molecule has 4 atom stereocenters. The minimum absolute atomic E-state index is 0.187. The van der Waals surface area contributed by atoms with Gasteiger partial charge in [-0.05, 0) is 104 Å². The summed E-state index contributed by atoms with van der Waals surface area (Å²) in [4.78, 5) is 52.5. The zero-order valence-electron chi connectivity index (χ0n) is 32.6. The van der Waals surface area contributed by atoms with Crippen molar-refractivity contribution < 1.29 is 24.1 Å². The zero-order valence-corrected chi connectivity index (χ0v) is 34.2. The fraction of sp³-hybridized carbons (Fsp3) is 0.568. The van der Waals surface area contributed by atoms with Gasteiger partial charge in [0.25, 0.3) is 0 Å². The average Bonchev–Trinajstić information content (AvgIpc) is 4.03. The fourth-order valence-electron chi connectivity index (χ4n) is 8.06. The van der Waals surface area contributed by atoms with Crippen molar-refractivity contribution in [2.45, 2.75) is 128 Å². The molecule has 1 aromatic heterocycles. The molecule has 0 N–H and O–H groups in total. The number of hydrogen-bond acceptors (Lipinski definition) is 9. The maximum atomic E-state index is 14.3. The Balaban J connectivity index is 1.29. The number of carbonyl (C=O) groups excluding carboxylic acids is 3. The van der Waals surface area contributed by atoms with Crippen molar-refractivity contribution in [1.82, 2.24) is 4.57 Å². The van der Waals surface area contributed by atoms with Gasteiger partial charge in [0, 0.05) is 39.5 Å². The summed E-state index contributed by atoms with van der Waals surface area (Å²) in [6.07, 6.45) is 12.5. The number of fused-ring (bicyclic) bond motifs is 3. The third-order valence-corrected chi connectivity index (χ3v) is 14.7. The largest absolute Gasteiger partial charge is 0.361 e. The second-order valence-corrected chi connectivity index (χ2v) is 17.8. The first-order valence-electron chi connectivity index (χ1n) is 20.3. The highest BCUT2D eigenvalue weighted by atomic mass is 32.2. The van der Waals surface area contributed by atoms with Crippen molar-refractivity contribution in [2.24, 2.45) is 28.1 Å². The Morgan fingerprint density at radius 1 is 0.778 bits per heavy atom. The summed E-state index contributed by atoms with van der Waals surface area (Å²) in [7, 11) is 0. The first-order chi connectivity index (χ1) is 26.2. The molecule has 1 aliphatic carbocycles. The first-order valence-corrected chi connectivity index (χ1v) is 22.4. The number of aryl methyl sites for hydroxylation is 1. The summed E-state index contributed by atoms with van der Waals surface area (Å²) in [6, 6.07) is 11.6. The third-order valence-electron chi connectivity index (χ3n) is 11.7. The van der Waals surface area contributed by atoms with Crippen LogP contribution in [0.5, 0.6) is 0 Å². The molecule has 0 spiro atoms. The molecule has 2 aliphatic heterocycles. The molecule has 3 aliphatic rings. The van der Waals surface area contributed by atoms with Gasteiger partial charge >= 0.3 is 5.97 Å². The summed E-state index contributed by atoms with van der Waals surface area (Å²) in [6.45, 7) is 13.4. The number of oxime groups is 2. The van der Waals surface area contributed by atoms with Gasteiger partial charge in [-0.2, -0.15) is 11.8 Å². The molecule has 6 rings (SSSR count). The topological polar surface area (TPSA) is 99.3 Å². The van der Waals surface area contributed by atoms with E-state index in [-0.39, 0.29) is 28.0 Å². The second-order valence-electron chi connectivity index (χ2n) is 15.4. The molecule has 4 unspecified atom stereocenters. The average molecular weight is 772 g/mol. The molecule has 10 heteroatoms. The SMILES string of the molecule is C=C(O/N=C(\CC)C(=O)c1ccc2c(c1)c1cc(C(=O)/C(CCC3CCCC3)=N/OC(=O)C3CC(CC)CS3)ccc1n2CCCC)C1CC(CC)CS1. The van der Waals surface area contributed by atoms with Crippen molar-refractivity contribution in [3.05, 3.63) is 59.9 Å². The van der Waals surface area contributed by atoms with Gasteiger partial charge in [0.05, 0.1) is 5.25 Å². The summed E-state index contributed by atoms with van der Waals surface area (Å²) >= 11 is 3.47. The number of ketones is 2. The molecular formula is C44H57N3O5S2. The molecule has 54 heavy (non-hydrogen) atoms. The lowest BCUT2D eigenvalue weighted by molar-refractivity contribution is -0.143. The van der Waals surface area contributed by atoms with Crippen molar-refractivity contribution in [1.29, 1.82) is 0 Å². The highest BCUT2D eigenvalue weighted by Crippen LogP contribution is 2.38. The lowest BCUT2D eigenvalue weighted by Crippen LogP contribution is -2.20. The molecule has 1 saturated carbocycles. The van der Waals surface area contributed by atoms with Crippen molar-refractivity contribution in [3.63, 3.8) is 0 Å². The van der Waals surface area contributed by atoms with E-state index < -0.39 is 0 Å². The lowest BCUT2D eigenvalue weighted by atomic mass is 9.95. The van der Waals surface area contributed by atoms with E-state index >= 15 is 0 Å². The molecule has 8 nitrogen and oxygen atoms in total. The van der Waals surface area contributed by atoms with Gasteiger partial charge in [-0.15, -0.1) is 11.8 Å². The summed E-state index contributed by atoms with van der Waals surface area (Å²) in [5.41, 5.74) is 3.66. The molecule has 3 heterocycles. The normalized spacial score (nSPS) is 22.4. The van der Waals surface area contributed by atoms with Crippen LogP contribution in [0.4, 0.5) is 0 Å². The smallest absolute Gasteiger partial charge is 0.347 e. The van der Waals surface area contributed by atoms with Crippen LogP contribution in [0.1, 0.15) is 132 Å². The van der Waals surface area contributed by atoms with E-state index in [0.717, 1.165) is 97.6 Å². The maximum absolute atomic E-state index is 14.3. The number of thioether (sulfide) groups is 2. The second kappa shape index (κ2) is 19.0. The van der Waals surface area contributed by atoms with Crippen LogP contribution < -0.4 is 0 Å². The number of aromatic nitrogens is 1. The Morgan fingerprint density at radius 2 is 1.35 bits per heavy atom. The van der Waals surface area contributed by atoms with E-state index in [1.54, 1.807) is 11.8 Å². The number of rotatable bonds is 18. The van der Waals surface area contributed by atoms with E-state index in [1.807, 2.05) is 55.1 Å². The molecule has 0 radical (unpaired) electrons. The monoisotopic (exact) mass is 771 g/mol. The van der Waals surface area contributed by atoms with Crippen LogP contribution >= 0.6 is 23.5 Å². The van der Waals surface area contributed by atoms with E-state index in [1.165, 1.54) is 12.8 Å². The standard InChI is InChI=1S/C44H57N3O5S2/c1-6-10-21-47-38-19-16-32(42(48)36(9-4)45-51-28(5)40-22-29(7-2)26-53-40)24-34(38)35-25-33(17-20-39(35)47)43(49)37(18-15-31-13-11-12-14-31)46-52-44(50)41-23-30(8-3)27-54-41/h16-17,19-20,24-25,29-31,40-41H,5-15,18,21-23,26-27H2,1-4H3/b45-36+,46-37+. The Bertz CT molecular complexity index is 1910. The highest BCUT2D eigenvalue weighted by Gasteiger charge is 2.32. The van der Waals surface area contributed by atoms with Crippen LogP contribution in [0.25, 0.3) is 21.8 Å². The van der Waals surface area contributed by atoms with Crippen molar-refractivity contribution >= 4 is 74.3 Å². The number of unbranched alkanes of at least 4 members (excludes halogenated alkanes) is 1. The quantitative estimate of drug-likeness (QED) is 0.0417. The van der Waals surface area contributed by atoms with E-state index in [4.69, 9.17) is 9.68 Å². The van der Waals surface area contributed by atoms with Crippen LogP contribution in [-0.4, -0.2) is 55.5 Å². The summed E-state index contributed by atoms with van der Waals surface area (Å²) < 4.78 is 2.28. The van der Waals surface area contributed by atoms with Crippen LogP contribution in [0.3, 0.4) is 0 Å². The molecule has 2 aromatic carbocycles. The maximum Gasteiger partial charge on any atom is 0.347 e. The van der Waals surface area contributed by atoms with E-state index in [0.29, 0.717) is 58.9 Å². The van der Waals surface area contributed by atoms with Crippen LogP contribution in [0.15, 0.2) is 59.0 Å². The highest BCUT2D eigenvalue weighted by molar-refractivity contribution is 8.00. The molecule has 2 saturated heterocycles. The van der Waals surface area contributed by atoms with Crippen molar-refractivity contribution in [3.8, 4) is 0 Å². The lowest BCUT2D eigenvalue weighted by Gasteiger charge is -2.11. The summed E-state index contributed by atoms with van der Waals surface area (Å²) in [5.74, 6) is 3.58. The molecular weight excluding hydrogens is 715 g/mol.